The zero-order chi connectivity index (χ0) is 15.5. The minimum Gasteiger partial charge on any atom is -0.373 e. The van der Waals surface area contributed by atoms with E-state index in [1.165, 1.54) is 0 Å². The Morgan fingerprint density at radius 1 is 1.10 bits per heavy atom. The number of benzene rings is 1. The maximum absolute atomic E-state index is 12.7. The van der Waals surface area contributed by atoms with Crippen LogP contribution in [0.25, 0.3) is 0 Å². The first-order valence-corrected chi connectivity index (χ1v) is 7.74. The molecule has 1 unspecified atom stereocenters. The van der Waals surface area contributed by atoms with Crippen molar-refractivity contribution >= 4 is 17.4 Å². The van der Waals surface area contributed by atoms with Crippen LogP contribution in [0.1, 0.15) is 56.3 Å². The minimum atomic E-state index is -1.89. The van der Waals surface area contributed by atoms with Crippen LogP contribution >= 0.6 is 0 Å². The molecule has 1 amide bonds. The molecular weight excluding hydrogens is 266 g/mol. The van der Waals surface area contributed by atoms with E-state index in [4.69, 9.17) is 0 Å². The molecule has 1 N–H and O–H groups in total. The van der Waals surface area contributed by atoms with Gasteiger partial charge in [0.1, 0.15) is 0 Å². The molecule has 0 saturated heterocycles. The Balaban J connectivity index is 2.44. The number of Topliss-reactive ketones (excluding diaryl/α,β-unsaturated/α-hetero) is 1. The molecule has 1 heterocycles. The average molecular weight is 289 g/mol. The highest BCUT2D eigenvalue weighted by Crippen LogP contribution is 2.35. The van der Waals surface area contributed by atoms with Gasteiger partial charge < -0.3 is 10.0 Å². The van der Waals surface area contributed by atoms with E-state index in [-0.39, 0.29) is 6.42 Å². The lowest BCUT2D eigenvalue weighted by atomic mass is 9.82. The Bertz CT molecular complexity index is 541. The van der Waals surface area contributed by atoms with Gasteiger partial charge in [-0.2, -0.15) is 0 Å². The van der Waals surface area contributed by atoms with Crippen molar-refractivity contribution in [3.8, 4) is 0 Å². The monoisotopic (exact) mass is 289 g/mol. The number of hydrogen-bond donors (Lipinski definition) is 1. The first-order valence-electron chi connectivity index (χ1n) is 7.74. The second-order valence-corrected chi connectivity index (χ2v) is 5.62. The van der Waals surface area contributed by atoms with Crippen LogP contribution in [0.15, 0.2) is 24.3 Å². The third-order valence-electron chi connectivity index (χ3n) is 4.04. The molecule has 0 aliphatic carbocycles. The number of aliphatic hydroxyl groups is 1. The summed E-state index contributed by atoms with van der Waals surface area (Å²) in [7, 11) is 0. The molecule has 1 atom stereocenters. The van der Waals surface area contributed by atoms with E-state index in [0.717, 1.165) is 19.3 Å². The number of hydrogen-bond acceptors (Lipinski definition) is 3. The number of nitrogens with zero attached hydrogens (tertiary/aromatic N) is 1. The third-order valence-corrected chi connectivity index (χ3v) is 4.04. The fraction of sp³-hybridized carbons (Fsp3) is 0.529. The summed E-state index contributed by atoms with van der Waals surface area (Å²) in [5.41, 5.74) is -0.813. The number of unbranched alkanes of at least 4 members (excludes halogenated alkanes) is 2. The van der Waals surface area contributed by atoms with Gasteiger partial charge in [0.2, 0.25) is 11.4 Å². The van der Waals surface area contributed by atoms with Crippen molar-refractivity contribution in [1.82, 2.24) is 0 Å². The second-order valence-electron chi connectivity index (χ2n) is 5.62. The van der Waals surface area contributed by atoms with E-state index >= 15 is 0 Å². The van der Waals surface area contributed by atoms with Gasteiger partial charge in [-0.1, -0.05) is 38.8 Å². The van der Waals surface area contributed by atoms with Crippen LogP contribution in [0.2, 0.25) is 0 Å². The molecule has 0 fully saturated rings. The minimum absolute atomic E-state index is 0.193. The number of anilines is 1. The standard InChI is InChI=1S/C17H23NO3/c1-3-5-11-17(21)15(19)13-9-7-8-10-14(13)18(16(17)20)12-6-4-2/h7-10,21H,3-6,11-12H2,1-2H3. The summed E-state index contributed by atoms with van der Waals surface area (Å²) < 4.78 is 0. The van der Waals surface area contributed by atoms with Gasteiger partial charge in [0.25, 0.3) is 5.91 Å². The first-order chi connectivity index (χ1) is 10.1. The summed E-state index contributed by atoms with van der Waals surface area (Å²) in [6.07, 6.45) is 3.47. The third kappa shape index (κ3) is 2.72. The number of carbonyl (C=O) groups excluding carboxylic acids is 2. The van der Waals surface area contributed by atoms with Gasteiger partial charge >= 0.3 is 0 Å². The highest BCUT2D eigenvalue weighted by molar-refractivity contribution is 6.27. The van der Waals surface area contributed by atoms with Gasteiger partial charge in [-0.05, 0) is 31.4 Å². The topological polar surface area (TPSA) is 57.6 Å². The fourth-order valence-corrected chi connectivity index (χ4v) is 2.74. The molecule has 0 spiro atoms. The Hall–Kier alpha value is -1.68. The van der Waals surface area contributed by atoms with Crippen LogP contribution in [-0.4, -0.2) is 28.9 Å². The van der Waals surface area contributed by atoms with Crippen LogP contribution < -0.4 is 4.90 Å². The van der Waals surface area contributed by atoms with Crippen LogP contribution in [0, 0.1) is 0 Å². The molecule has 1 aromatic rings. The average Bonchev–Trinajstić information content (AvgIpc) is 2.51. The number of amides is 1. The summed E-state index contributed by atoms with van der Waals surface area (Å²) in [6, 6.07) is 7.06. The Morgan fingerprint density at radius 2 is 1.76 bits per heavy atom. The van der Waals surface area contributed by atoms with Gasteiger partial charge in [-0.25, -0.2) is 0 Å². The molecule has 21 heavy (non-hydrogen) atoms. The number of rotatable bonds is 6. The lowest BCUT2D eigenvalue weighted by molar-refractivity contribution is -0.133. The quantitative estimate of drug-likeness (QED) is 0.819. The molecule has 4 heteroatoms. The van der Waals surface area contributed by atoms with Crippen molar-refractivity contribution in [2.45, 2.75) is 51.6 Å². The highest BCUT2D eigenvalue weighted by Gasteiger charge is 2.50. The summed E-state index contributed by atoms with van der Waals surface area (Å²) in [5, 5.41) is 10.7. The van der Waals surface area contributed by atoms with Gasteiger partial charge in [-0.3, -0.25) is 9.59 Å². The Labute approximate surface area is 125 Å². The summed E-state index contributed by atoms with van der Waals surface area (Å²) in [6.45, 7) is 4.56. The predicted molar refractivity (Wildman–Crippen MR) is 82.5 cm³/mol. The number of ketones is 1. The summed E-state index contributed by atoms with van der Waals surface area (Å²) in [5.74, 6) is -0.919. The molecule has 2 rings (SSSR count). The molecule has 0 aromatic heterocycles. The van der Waals surface area contributed by atoms with Crippen molar-refractivity contribution in [3.05, 3.63) is 29.8 Å². The van der Waals surface area contributed by atoms with Crippen LogP contribution in [-0.2, 0) is 4.79 Å². The van der Waals surface area contributed by atoms with E-state index in [1.54, 1.807) is 23.1 Å². The van der Waals surface area contributed by atoms with Crippen LogP contribution in [0.5, 0.6) is 0 Å². The number of para-hydroxylation sites is 1. The molecule has 1 aliphatic rings. The SMILES string of the molecule is CCCCN1C(=O)C(O)(CCCC)C(=O)c2ccccc21. The first kappa shape index (κ1) is 15.7. The lowest BCUT2D eigenvalue weighted by Crippen LogP contribution is -2.58. The smallest absolute Gasteiger partial charge is 0.267 e. The molecule has 114 valence electrons. The van der Waals surface area contributed by atoms with Crippen molar-refractivity contribution in [1.29, 1.82) is 0 Å². The van der Waals surface area contributed by atoms with E-state index in [2.05, 4.69) is 6.92 Å². The van der Waals surface area contributed by atoms with Crippen LogP contribution in [0.3, 0.4) is 0 Å². The van der Waals surface area contributed by atoms with Crippen molar-refractivity contribution in [2.75, 3.05) is 11.4 Å². The Morgan fingerprint density at radius 3 is 2.43 bits per heavy atom. The molecule has 4 nitrogen and oxygen atoms in total. The highest BCUT2D eigenvalue weighted by atomic mass is 16.3. The largest absolute Gasteiger partial charge is 0.373 e. The molecule has 0 radical (unpaired) electrons. The second kappa shape index (κ2) is 6.39. The van der Waals surface area contributed by atoms with Gasteiger partial charge in [0.15, 0.2) is 0 Å². The molecular formula is C17H23NO3. The maximum atomic E-state index is 12.7. The van der Waals surface area contributed by atoms with Gasteiger partial charge in [0, 0.05) is 12.1 Å². The maximum Gasteiger partial charge on any atom is 0.267 e. The van der Waals surface area contributed by atoms with E-state index in [0.29, 0.717) is 24.2 Å². The summed E-state index contributed by atoms with van der Waals surface area (Å²) in [4.78, 5) is 26.8. The molecule has 0 saturated carbocycles. The van der Waals surface area contributed by atoms with Crippen LogP contribution in [0.4, 0.5) is 5.69 Å². The lowest BCUT2D eigenvalue weighted by Gasteiger charge is -2.38. The van der Waals surface area contributed by atoms with E-state index in [1.807, 2.05) is 13.0 Å². The zero-order valence-corrected chi connectivity index (χ0v) is 12.8. The predicted octanol–water partition coefficient (Wildman–Crippen LogP) is 2.94. The fourth-order valence-electron chi connectivity index (χ4n) is 2.74. The van der Waals surface area contributed by atoms with Gasteiger partial charge in [-0.15, -0.1) is 0 Å². The molecule has 1 aliphatic heterocycles. The molecule has 1 aromatic carbocycles. The molecule has 0 bridgehead atoms. The number of fused-ring (bicyclic) bond motifs is 1. The van der Waals surface area contributed by atoms with E-state index < -0.39 is 17.3 Å². The summed E-state index contributed by atoms with van der Waals surface area (Å²) >= 11 is 0. The van der Waals surface area contributed by atoms with E-state index in [9.17, 15) is 14.7 Å². The number of carbonyl (C=O) groups is 2. The normalized spacial score (nSPS) is 21.6. The van der Waals surface area contributed by atoms with Crippen molar-refractivity contribution in [3.63, 3.8) is 0 Å². The van der Waals surface area contributed by atoms with Crippen molar-refractivity contribution < 1.29 is 14.7 Å². The zero-order valence-electron chi connectivity index (χ0n) is 12.8. The van der Waals surface area contributed by atoms with Crippen molar-refractivity contribution in [2.24, 2.45) is 0 Å². The van der Waals surface area contributed by atoms with Gasteiger partial charge in [0.05, 0.1) is 5.69 Å². The Kier molecular flexibility index (Phi) is 4.78.